The van der Waals surface area contributed by atoms with Crippen LogP contribution in [0.4, 0.5) is 4.39 Å². The number of aromatic nitrogens is 1. The molecule has 2 rings (SSSR count). The molecule has 1 heterocycles. The summed E-state index contributed by atoms with van der Waals surface area (Å²) in [5.74, 6) is -0.281. The van der Waals surface area contributed by atoms with Gasteiger partial charge in [0.1, 0.15) is 5.82 Å². The van der Waals surface area contributed by atoms with Gasteiger partial charge < -0.3 is 5.73 Å². The van der Waals surface area contributed by atoms with Crippen LogP contribution in [0.25, 0.3) is 0 Å². The first-order chi connectivity index (χ1) is 9.07. The molecule has 1 atom stereocenters. The van der Waals surface area contributed by atoms with Crippen molar-refractivity contribution in [3.63, 3.8) is 0 Å². The first-order valence-electron chi connectivity index (χ1n) is 6.19. The zero-order chi connectivity index (χ0) is 13.9. The fourth-order valence-corrected chi connectivity index (χ4v) is 2.35. The molecule has 0 spiro atoms. The van der Waals surface area contributed by atoms with Gasteiger partial charge in [0.2, 0.25) is 0 Å². The van der Waals surface area contributed by atoms with Crippen LogP contribution in [0.3, 0.4) is 0 Å². The van der Waals surface area contributed by atoms with Gasteiger partial charge in [0, 0.05) is 23.5 Å². The molecule has 19 heavy (non-hydrogen) atoms. The summed E-state index contributed by atoms with van der Waals surface area (Å²) in [7, 11) is 0. The fraction of sp³-hybridized carbons (Fsp3) is 0.267. The molecule has 0 amide bonds. The predicted octanol–water partition coefficient (Wildman–Crippen LogP) is 3.68. The minimum atomic E-state index is -0.768. The largest absolute Gasteiger partial charge is 0.321 e. The molecule has 2 nitrogen and oxygen atoms in total. The third kappa shape index (κ3) is 2.94. The molecule has 2 aromatic rings. The van der Waals surface area contributed by atoms with E-state index in [1.165, 1.54) is 6.07 Å². The number of rotatable bonds is 4. The van der Waals surface area contributed by atoms with Crippen molar-refractivity contribution in [3.05, 3.63) is 64.7 Å². The average Bonchev–Trinajstić information content (AvgIpc) is 2.42. The fourth-order valence-electron chi connectivity index (χ4n) is 2.16. The Hall–Kier alpha value is -1.45. The van der Waals surface area contributed by atoms with Crippen LogP contribution in [0.2, 0.25) is 5.02 Å². The molecule has 0 aliphatic rings. The van der Waals surface area contributed by atoms with Gasteiger partial charge in [0.15, 0.2) is 0 Å². The Morgan fingerprint density at radius 1 is 1.32 bits per heavy atom. The molecule has 0 fully saturated rings. The quantitative estimate of drug-likeness (QED) is 0.926. The number of hydrogen-bond donors (Lipinski definition) is 1. The lowest BCUT2D eigenvalue weighted by Crippen LogP contribution is -2.39. The molecule has 0 saturated carbocycles. The molecule has 0 aliphatic heterocycles. The molecule has 1 aromatic heterocycles. The second-order valence-corrected chi connectivity index (χ2v) is 5.04. The van der Waals surface area contributed by atoms with Crippen molar-refractivity contribution in [1.82, 2.24) is 4.98 Å². The smallest absolute Gasteiger partial charge is 0.128 e. The van der Waals surface area contributed by atoms with E-state index in [1.54, 1.807) is 30.6 Å². The lowest BCUT2D eigenvalue weighted by atomic mass is 9.82. The van der Waals surface area contributed by atoms with Crippen molar-refractivity contribution in [1.29, 1.82) is 0 Å². The van der Waals surface area contributed by atoms with Gasteiger partial charge in [-0.2, -0.15) is 0 Å². The van der Waals surface area contributed by atoms with Gasteiger partial charge >= 0.3 is 0 Å². The van der Waals surface area contributed by atoms with Crippen LogP contribution in [0.15, 0.2) is 42.7 Å². The summed E-state index contributed by atoms with van der Waals surface area (Å²) in [6, 6.07) is 8.44. The summed E-state index contributed by atoms with van der Waals surface area (Å²) in [5, 5.41) is 0.558. The maximum atomic E-state index is 13.9. The molecule has 100 valence electrons. The predicted molar refractivity (Wildman–Crippen MR) is 75.5 cm³/mol. The first kappa shape index (κ1) is 14.0. The average molecular weight is 279 g/mol. The van der Waals surface area contributed by atoms with Gasteiger partial charge in [-0.15, -0.1) is 0 Å². The molecule has 0 bridgehead atoms. The maximum absolute atomic E-state index is 13.9. The Morgan fingerprint density at radius 3 is 2.68 bits per heavy atom. The van der Waals surface area contributed by atoms with E-state index in [0.717, 1.165) is 5.56 Å². The number of pyridine rings is 1. The van der Waals surface area contributed by atoms with Crippen LogP contribution < -0.4 is 5.73 Å². The van der Waals surface area contributed by atoms with E-state index in [0.29, 0.717) is 23.4 Å². The Labute approximate surface area is 117 Å². The maximum Gasteiger partial charge on any atom is 0.128 e. The van der Waals surface area contributed by atoms with Crippen LogP contribution >= 0.6 is 11.6 Å². The van der Waals surface area contributed by atoms with Crippen LogP contribution in [0, 0.1) is 5.82 Å². The highest BCUT2D eigenvalue weighted by molar-refractivity contribution is 6.31. The number of hydrogen-bond acceptors (Lipinski definition) is 2. The number of benzene rings is 1. The van der Waals surface area contributed by atoms with Crippen LogP contribution in [-0.2, 0) is 12.0 Å². The highest BCUT2D eigenvalue weighted by Gasteiger charge is 2.29. The minimum absolute atomic E-state index is 0.281. The highest BCUT2D eigenvalue weighted by Crippen LogP contribution is 2.30. The van der Waals surface area contributed by atoms with Gasteiger partial charge in [0.25, 0.3) is 0 Å². The molecule has 2 N–H and O–H groups in total. The van der Waals surface area contributed by atoms with E-state index >= 15 is 0 Å². The summed E-state index contributed by atoms with van der Waals surface area (Å²) in [6.45, 7) is 1.95. The molecule has 1 unspecified atom stereocenters. The number of halogens is 2. The van der Waals surface area contributed by atoms with Crippen molar-refractivity contribution in [3.8, 4) is 0 Å². The van der Waals surface area contributed by atoms with E-state index in [1.807, 2.05) is 13.0 Å². The van der Waals surface area contributed by atoms with E-state index in [9.17, 15) is 4.39 Å². The monoisotopic (exact) mass is 278 g/mol. The third-order valence-corrected chi connectivity index (χ3v) is 3.74. The van der Waals surface area contributed by atoms with Crippen LogP contribution in [-0.4, -0.2) is 4.98 Å². The molecule has 0 saturated heterocycles. The summed E-state index contributed by atoms with van der Waals surface area (Å²) in [5.41, 5.74) is 7.03. The van der Waals surface area contributed by atoms with Crippen molar-refractivity contribution >= 4 is 11.6 Å². The van der Waals surface area contributed by atoms with Gasteiger partial charge in [-0.1, -0.05) is 36.7 Å². The Morgan fingerprint density at radius 2 is 2.05 bits per heavy atom. The molecular formula is C15H16ClFN2. The van der Waals surface area contributed by atoms with Crippen LogP contribution in [0.1, 0.15) is 24.5 Å². The van der Waals surface area contributed by atoms with Crippen molar-refractivity contribution in [2.75, 3.05) is 0 Å². The Bertz CT molecular complexity index is 574. The molecular weight excluding hydrogens is 263 g/mol. The standard InChI is InChI=1S/C15H16ClFN2/c1-2-15(18,12-5-3-4-6-14(12)17)9-11-7-8-19-10-13(11)16/h3-8,10H,2,9,18H2,1H3. The third-order valence-electron chi connectivity index (χ3n) is 3.40. The lowest BCUT2D eigenvalue weighted by Gasteiger charge is -2.29. The normalized spacial score (nSPS) is 14.1. The van der Waals surface area contributed by atoms with Crippen molar-refractivity contribution < 1.29 is 4.39 Å². The van der Waals surface area contributed by atoms with E-state index in [-0.39, 0.29) is 5.82 Å². The first-order valence-corrected chi connectivity index (χ1v) is 6.57. The highest BCUT2D eigenvalue weighted by atomic mass is 35.5. The number of nitrogens with zero attached hydrogens (tertiary/aromatic N) is 1. The summed E-state index contributed by atoms with van der Waals surface area (Å²) >= 11 is 6.10. The second kappa shape index (κ2) is 5.68. The van der Waals surface area contributed by atoms with Gasteiger partial charge in [-0.25, -0.2) is 4.39 Å². The molecule has 1 aromatic carbocycles. The molecule has 4 heteroatoms. The Balaban J connectivity index is 2.39. The SMILES string of the molecule is CCC(N)(Cc1ccncc1Cl)c1ccccc1F. The topological polar surface area (TPSA) is 38.9 Å². The summed E-state index contributed by atoms with van der Waals surface area (Å²) in [6.07, 6.45) is 4.34. The van der Waals surface area contributed by atoms with E-state index in [2.05, 4.69) is 4.98 Å². The van der Waals surface area contributed by atoms with Gasteiger partial charge in [0.05, 0.1) is 5.02 Å². The summed E-state index contributed by atoms with van der Waals surface area (Å²) < 4.78 is 13.9. The second-order valence-electron chi connectivity index (χ2n) is 4.63. The zero-order valence-corrected chi connectivity index (χ0v) is 11.5. The van der Waals surface area contributed by atoms with Crippen molar-refractivity contribution in [2.24, 2.45) is 5.73 Å². The summed E-state index contributed by atoms with van der Waals surface area (Å²) in [4.78, 5) is 3.94. The van der Waals surface area contributed by atoms with Crippen molar-refractivity contribution in [2.45, 2.75) is 25.3 Å². The Kier molecular flexibility index (Phi) is 4.17. The molecule has 0 aliphatic carbocycles. The zero-order valence-electron chi connectivity index (χ0n) is 10.7. The van der Waals surface area contributed by atoms with E-state index < -0.39 is 5.54 Å². The van der Waals surface area contributed by atoms with Gasteiger partial charge in [-0.3, -0.25) is 4.98 Å². The van der Waals surface area contributed by atoms with E-state index in [4.69, 9.17) is 17.3 Å². The number of nitrogens with two attached hydrogens (primary N) is 1. The van der Waals surface area contributed by atoms with Gasteiger partial charge in [-0.05, 0) is 30.5 Å². The molecule has 0 radical (unpaired) electrons. The minimum Gasteiger partial charge on any atom is -0.321 e. The lowest BCUT2D eigenvalue weighted by molar-refractivity contribution is 0.402. The van der Waals surface area contributed by atoms with Crippen LogP contribution in [0.5, 0.6) is 0 Å².